The first kappa shape index (κ1) is 35.7. The van der Waals surface area contributed by atoms with Crippen molar-refractivity contribution in [2.24, 2.45) is 11.8 Å². The molecule has 0 radical (unpaired) electrons. The Morgan fingerprint density at radius 2 is 1.74 bits per heavy atom. The van der Waals surface area contributed by atoms with Crippen molar-refractivity contribution in [3.05, 3.63) is 47.3 Å². The molecule has 0 unspecified atom stereocenters. The number of hydrogen-bond donors (Lipinski definition) is 1. The molecule has 2 fully saturated rings. The van der Waals surface area contributed by atoms with Gasteiger partial charge in [-0.2, -0.15) is 13.2 Å². The first-order valence-corrected chi connectivity index (χ1v) is 15.9. The Bertz CT molecular complexity index is 1240. The van der Waals surface area contributed by atoms with Gasteiger partial charge >= 0.3 is 18.2 Å². The summed E-state index contributed by atoms with van der Waals surface area (Å²) in [5.41, 5.74) is 2.00. The molecule has 13 heteroatoms. The zero-order valence-corrected chi connectivity index (χ0v) is 26.7. The number of piperazine rings is 1. The number of cyclic esters (lactones) is 1. The maximum atomic E-state index is 14.7. The van der Waals surface area contributed by atoms with Crippen LogP contribution in [-0.4, -0.2) is 110 Å². The van der Waals surface area contributed by atoms with E-state index in [1.54, 1.807) is 19.1 Å². The van der Waals surface area contributed by atoms with Gasteiger partial charge in [0.15, 0.2) is 0 Å². The van der Waals surface area contributed by atoms with Crippen LogP contribution in [0.1, 0.15) is 45.6 Å². The highest BCUT2D eigenvalue weighted by Gasteiger charge is 2.34. The summed E-state index contributed by atoms with van der Waals surface area (Å²) >= 11 is 0. The second-order valence-corrected chi connectivity index (χ2v) is 12.5. The third-order valence-corrected chi connectivity index (χ3v) is 8.65. The predicted octanol–water partition coefficient (Wildman–Crippen LogP) is 5.04. The van der Waals surface area contributed by atoms with Crippen LogP contribution in [-0.2, 0) is 19.0 Å². The number of benzene rings is 1. The van der Waals surface area contributed by atoms with Crippen LogP contribution in [0.5, 0.6) is 0 Å². The molecule has 0 saturated carbocycles. The minimum Gasteiger partial charge on any atom is -0.457 e. The Morgan fingerprint density at radius 1 is 1.04 bits per heavy atom. The standard InChI is InChI=1S/C33H45F4N3O6/c1-22-4-6-28(41)20-30(42)46-31(24(3)16-25-17-26(34)19-27(18-25)39-12-14-44-15-13-39)23(2)5-7-29(22)45-32(43)40-10-8-38(9-11-40)21-33(35,36)37/h5,7,16-19,22-23,28-29,31,41H,4,6,8-15,20-21H2,1-3H3/b7-5-,24-16+/t22-,23-,28+,29-,31-/m0/s1. The molecule has 9 nitrogen and oxygen atoms in total. The summed E-state index contributed by atoms with van der Waals surface area (Å²) in [5.74, 6) is -1.55. The monoisotopic (exact) mass is 655 g/mol. The third-order valence-electron chi connectivity index (χ3n) is 8.65. The van der Waals surface area contributed by atoms with Gasteiger partial charge in [-0.05, 0) is 61.1 Å². The molecule has 3 aliphatic heterocycles. The Hall–Kier alpha value is -3.16. The van der Waals surface area contributed by atoms with Gasteiger partial charge in [0.2, 0.25) is 0 Å². The molecule has 3 heterocycles. The number of carbonyl (C=O) groups is 2. The highest BCUT2D eigenvalue weighted by atomic mass is 19.4. The van der Waals surface area contributed by atoms with E-state index in [1.807, 2.05) is 30.9 Å². The summed E-state index contributed by atoms with van der Waals surface area (Å²) in [4.78, 5) is 30.6. The van der Waals surface area contributed by atoms with Crippen LogP contribution < -0.4 is 4.90 Å². The van der Waals surface area contributed by atoms with Crippen LogP contribution >= 0.6 is 0 Å². The summed E-state index contributed by atoms with van der Waals surface area (Å²) in [7, 11) is 0. The van der Waals surface area contributed by atoms with E-state index in [4.69, 9.17) is 14.2 Å². The molecule has 1 amide bonds. The zero-order valence-electron chi connectivity index (χ0n) is 26.7. The molecular formula is C33H45F4N3O6. The molecule has 3 aliphatic rings. The number of anilines is 1. The molecule has 0 aliphatic carbocycles. The largest absolute Gasteiger partial charge is 0.457 e. The van der Waals surface area contributed by atoms with Crippen molar-refractivity contribution in [2.45, 2.75) is 64.5 Å². The van der Waals surface area contributed by atoms with Gasteiger partial charge in [-0.15, -0.1) is 0 Å². The number of carbonyl (C=O) groups excluding carboxylic acids is 2. The van der Waals surface area contributed by atoms with Crippen molar-refractivity contribution >= 4 is 23.8 Å². The van der Waals surface area contributed by atoms with Gasteiger partial charge in [0.25, 0.3) is 0 Å². The van der Waals surface area contributed by atoms with Crippen LogP contribution in [0.2, 0.25) is 0 Å². The van der Waals surface area contributed by atoms with Gasteiger partial charge in [-0.1, -0.05) is 26.0 Å². The number of aliphatic hydroxyl groups is 1. The van der Waals surface area contributed by atoms with Gasteiger partial charge in [-0.25, -0.2) is 9.18 Å². The van der Waals surface area contributed by atoms with E-state index in [-0.39, 0.29) is 50.9 Å². The number of aliphatic hydroxyl groups excluding tert-OH is 1. The van der Waals surface area contributed by atoms with E-state index in [1.165, 1.54) is 21.9 Å². The number of rotatable bonds is 5. The molecule has 46 heavy (non-hydrogen) atoms. The van der Waals surface area contributed by atoms with E-state index in [9.17, 15) is 32.3 Å². The molecule has 0 aromatic heterocycles. The number of alkyl halides is 3. The first-order chi connectivity index (χ1) is 21.8. The smallest absolute Gasteiger partial charge is 0.410 e. The molecule has 1 aromatic rings. The summed E-state index contributed by atoms with van der Waals surface area (Å²) in [6, 6.07) is 4.76. The Morgan fingerprint density at radius 3 is 2.41 bits per heavy atom. The van der Waals surface area contributed by atoms with Crippen molar-refractivity contribution in [1.29, 1.82) is 0 Å². The number of nitrogens with zero attached hydrogens (tertiary/aromatic N) is 3. The number of morpholine rings is 1. The summed E-state index contributed by atoms with van der Waals surface area (Å²) in [6.07, 6.45) is -1.46. The fourth-order valence-electron chi connectivity index (χ4n) is 6.01. The fraction of sp³-hybridized carbons (Fsp3) is 0.636. The topological polar surface area (TPSA) is 91.8 Å². The summed E-state index contributed by atoms with van der Waals surface area (Å²) in [6.45, 7) is 7.32. The van der Waals surface area contributed by atoms with Gasteiger partial charge in [-0.3, -0.25) is 9.69 Å². The van der Waals surface area contributed by atoms with Crippen molar-refractivity contribution in [1.82, 2.24) is 9.80 Å². The Labute approximate surface area is 267 Å². The van der Waals surface area contributed by atoms with E-state index >= 15 is 0 Å². The molecule has 2 saturated heterocycles. The van der Waals surface area contributed by atoms with E-state index < -0.39 is 48.9 Å². The second kappa shape index (κ2) is 16.1. The minimum absolute atomic E-state index is 0.0891. The highest BCUT2D eigenvalue weighted by molar-refractivity contribution is 5.71. The first-order valence-electron chi connectivity index (χ1n) is 15.9. The lowest BCUT2D eigenvalue weighted by molar-refractivity contribution is -0.151. The quantitative estimate of drug-likeness (QED) is 0.268. The average Bonchev–Trinajstić information content (AvgIpc) is 2.99. The maximum Gasteiger partial charge on any atom is 0.410 e. The molecule has 5 atom stereocenters. The van der Waals surface area contributed by atoms with Gasteiger partial charge in [0.05, 0.1) is 32.3 Å². The third kappa shape index (κ3) is 10.7. The molecule has 4 rings (SSSR count). The number of esters is 1. The molecular weight excluding hydrogens is 610 g/mol. The number of hydrogen-bond acceptors (Lipinski definition) is 8. The second-order valence-electron chi connectivity index (χ2n) is 12.5. The lowest BCUT2D eigenvalue weighted by Crippen LogP contribution is -2.51. The lowest BCUT2D eigenvalue weighted by atomic mass is 9.91. The Kier molecular flexibility index (Phi) is 12.5. The van der Waals surface area contributed by atoms with E-state index in [0.29, 0.717) is 43.9 Å². The maximum absolute atomic E-state index is 14.7. The van der Waals surface area contributed by atoms with Gasteiger partial charge < -0.3 is 29.1 Å². The normalized spacial score (nSPS) is 28.6. The SMILES string of the molecule is C/C(=C\c1cc(F)cc(N2CCOCC2)c1)[C@H]1OC(=O)C[C@H](O)CC[C@H](C)[C@@H](OC(=O)N2CCN(CC(F)(F)F)CC2)/C=C\[C@@H]1C. The van der Waals surface area contributed by atoms with Crippen molar-refractivity contribution < 1.29 is 46.5 Å². The number of halogens is 4. The van der Waals surface area contributed by atoms with Crippen molar-refractivity contribution in [2.75, 3.05) is 63.9 Å². The molecule has 1 aromatic carbocycles. The predicted molar refractivity (Wildman–Crippen MR) is 165 cm³/mol. The van der Waals surface area contributed by atoms with E-state index in [2.05, 4.69) is 0 Å². The molecule has 0 spiro atoms. The number of amides is 1. The molecule has 0 bridgehead atoms. The Balaban J connectivity index is 1.51. The lowest BCUT2D eigenvalue weighted by Gasteiger charge is -2.35. The summed E-state index contributed by atoms with van der Waals surface area (Å²) in [5, 5.41) is 10.6. The zero-order chi connectivity index (χ0) is 33.4. The van der Waals surface area contributed by atoms with Crippen molar-refractivity contribution in [3.63, 3.8) is 0 Å². The van der Waals surface area contributed by atoms with Crippen LogP contribution in [0.25, 0.3) is 6.08 Å². The van der Waals surface area contributed by atoms with Crippen LogP contribution in [0.4, 0.5) is 28.0 Å². The minimum atomic E-state index is -4.30. The molecule has 256 valence electrons. The van der Waals surface area contributed by atoms with Gasteiger partial charge in [0, 0.05) is 50.9 Å². The van der Waals surface area contributed by atoms with Crippen LogP contribution in [0.15, 0.2) is 35.9 Å². The van der Waals surface area contributed by atoms with E-state index in [0.717, 1.165) is 5.69 Å². The molecule has 1 N–H and O–H groups in total. The van der Waals surface area contributed by atoms with Crippen LogP contribution in [0.3, 0.4) is 0 Å². The highest BCUT2D eigenvalue weighted by Crippen LogP contribution is 2.28. The fourth-order valence-corrected chi connectivity index (χ4v) is 6.01. The van der Waals surface area contributed by atoms with Crippen LogP contribution in [0, 0.1) is 17.7 Å². The van der Waals surface area contributed by atoms with Gasteiger partial charge in [0.1, 0.15) is 18.0 Å². The number of ether oxygens (including phenoxy) is 3. The average molecular weight is 656 g/mol. The van der Waals surface area contributed by atoms with Crippen molar-refractivity contribution in [3.8, 4) is 0 Å². The summed E-state index contributed by atoms with van der Waals surface area (Å²) < 4.78 is 70.1.